The summed E-state index contributed by atoms with van der Waals surface area (Å²) in [5.74, 6) is 0. The highest BCUT2D eigenvalue weighted by Gasteiger charge is 2.02. The van der Waals surface area contributed by atoms with Crippen LogP contribution < -0.4 is 0 Å². The van der Waals surface area contributed by atoms with Gasteiger partial charge < -0.3 is 4.74 Å². The zero-order chi connectivity index (χ0) is 10.9. The first-order valence-electron chi connectivity index (χ1n) is 4.76. The predicted octanol–water partition coefficient (Wildman–Crippen LogP) is 1.40. The molecule has 0 aliphatic carbocycles. The quantitative estimate of drug-likeness (QED) is 0.475. The van der Waals surface area contributed by atoms with Gasteiger partial charge in [-0.05, 0) is 6.42 Å². The molecule has 1 N–H and O–H groups in total. The van der Waals surface area contributed by atoms with Gasteiger partial charge in [0.2, 0.25) is 0 Å². The first kappa shape index (κ1) is 13.8. The molecule has 6 heteroatoms. The molecule has 0 rings (SSSR count). The van der Waals surface area contributed by atoms with Crippen molar-refractivity contribution in [2.75, 3.05) is 19.8 Å². The van der Waals surface area contributed by atoms with Gasteiger partial charge in [0.05, 0.1) is 13.2 Å². The average molecular weight is 226 g/mol. The Balaban J connectivity index is 3.07. The Bertz CT molecular complexity index is 212. The molecule has 5 nitrogen and oxygen atoms in total. The molecule has 14 heavy (non-hydrogen) atoms. The fourth-order valence-corrected chi connectivity index (χ4v) is 1.21. The van der Waals surface area contributed by atoms with Crippen molar-refractivity contribution in [2.45, 2.75) is 32.6 Å². The molecular formula is C8H18O5S. The third-order valence-electron chi connectivity index (χ3n) is 1.60. The normalized spacial score (nSPS) is 11.9. The van der Waals surface area contributed by atoms with Crippen LogP contribution in [0.1, 0.15) is 32.6 Å². The van der Waals surface area contributed by atoms with E-state index in [2.05, 4.69) is 11.1 Å². The summed E-state index contributed by atoms with van der Waals surface area (Å²) in [7, 11) is -4.31. The number of rotatable bonds is 9. The highest BCUT2D eigenvalue weighted by Crippen LogP contribution is 1.98. The van der Waals surface area contributed by atoms with Crippen molar-refractivity contribution in [1.82, 2.24) is 0 Å². The molecule has 0 spiro atoms. The zero-order valence-corrected chi connectivity index (χ0v) is 9.25. The number of hydrogen-bond donors (Lipinski definition) is 1. The van der Waals surface area contributed by atoms with E-state index >= 15 is 0 Å². The highest BCUT2D eigenvalue weighted by molar-refractivity contribution is 7.80. The largest absolute Gasteiger partial charge is 0.397 e. The van der Waals surface area contributed by atoms with Gasteiger partial charge in [0.25, 0.3) is 0 Å². The summed E-state index contributed by atoms with van der Waals surface area (Å²) in [5, 5.41) is 0. The minimum atomic E-state index is -4.31. The van der Waals surface area contributed by atoms with Crippen LogP contribution in [0.25, 0.3) is 0 Å². The summed E-state index contributed by atoms with van der Waals surface area (Å²) in [4.78, 5) is 0. The number of hydrogen-bond acceptors (Lipinski definition) is 4. The third-order valence-corrected chi connectivity index (χ3v) is 2.07. The third kappa shape index (κ3) is 11.8. The van der Waals surface area contributed by atoms with Gasteiger partial charge in [0.15, 0.2) is 0 Å². The Labute approximate surface area is 85.4 Å². The molecular weight excluding hydrogens is 208 g/mol. The molecule has 0 amide bonds. The molecule has 0 heterocycles. The van der Waals surface area contributed by atoms with Crippen LogP contribution in [-0.2, 0) is 19.3 Å². The molecule has 0 aliphatic rings. The second-order valence-electron chi connectivity index (χ2n) is 2.92. The molecule has 0 unspecified atom stereocenters. The van der Waals surface area contributed by atoms with Crippen molar-refractivity contribution in [3.05, 3.63) is 0 Å². The molecule has 0 aromatic carbocycles. The molecule has 0 atom stereocenters. The average Bonchev–Trinajstić information content (AvgIpc) is 2.08. The second-order valence-corrected chi connectivity index (χ2v) is 4.01. The van der Waals surface area contributed by atoms with Crippen LogP contribution in [0, 0.1) is 0 Å². The van der Waals surface area contributed by atoms with Gasteiger partial charge in [-0.2, -0.15) is 8.42 Å². The lowest BCUT2D eigenvalue weighted by molar-refractivity contribution is 0.0946. The molecule has 0 saturated heterocycles. The van der Waals surface area contributed by atoms with Crippen molar-refractivity contribution in [1.29, 1.82) is 0 Å². The van der Waals surface area contributed by atoms with Crippen molar-refractivity contribution in [2.24, 2.45) is 0 Å². The summed E-state index contributed by atoms with van der Waals surface area (Å²) in [6, 6.07) is 0. The van der Waals surface area contributed by atoms with E-state index in [0.717, 1.165) is 12.8 Å². The van der Waals surface area contributed by atoms with Crippen LogP contribution in [0.5, 0.6) is 0 Å². The lowest BCUT2D eigenvalue weighted by Gasteiger charge is -2.02. The molecule has 0 fully saturated rings. The van der Waals surface area contributed by atoms with Gasteiger partial charge in [-0.1, -0.05) is 26.2 Å². The van der Waals surface area contributed by atoms with E-state index in [1.54, 1.807) is 0 Å². The van der Waals surface area contributed by atoms with Crippen molar-refractivity contribution in [3.8, 4) is 0 Å². The Hall–Kier alpha value is -0.170. The highest BCUT2D eigenvalue weighted by atomic mass is 32.3. The molecule has 0 aromatic rings. The van der Waals surface area contributed by atoms with Crippen molar-refractivity contribution < 1.29 is 21.9 Å². The number of ether oxygens (including phenoxy) is 1. The summed E-state index contributed by atoms with van der Waals surface area (Å²) in [5.41, 5.74) is 0. The topological polar surface area (TPSA) is 72.8 Å². The van der Waals surface area contributed by atoms with E-state index in [4.69, 9.17) is 9.29 Å². The summed E-state index contributed by atoms with van der Waals surface area (Å²) in [6.45, 7) is 2.79. The maximum absolute atomic E-state index is 10.1. The lowest BCUT2D eigenvalue weighted by Crippen LogP contribution is -2.10. The second kappa shape index (κ2) is 8.16. The van der Waals surface area contributed by atoms with Gasteiger partial charge in [0.1, 0.15) is 0 Å². The first-order valence-corrected chi connectivity index (χ1v) is 6.12. The minimum Gasteiger partial charge on any atom is -0.379 e. The van der Waals surface area contributed by atoms with E-state index in [0.29, 0.717) is 6.61 Å². The van der Waals surface area contributed by atoms with Crippen LogP contribution >= 0.6 is 0 Å². The minimum absolute atomic E-state index is 0.132. The lowest BCUT2D eigenvalue weighted by atomic mass is 10.2. The van der Waals surface area contributed by atoms with Crippen molar-refractivity contribution >= 4 is 10.4 Å². The Morgan fingerprint density at radius 2 is 1.79 bits per heavy atom. The summed E-state index contributed by atoms with van der Waals surface area (Å²) in [6.07, 6.45) is 4.45. The van der Waals surface area contributed by atoms with E-state index in [1.165, 1.54) is 12.8 Å². The molecule has 0 radical (unpaired) electrons. The SMILES string of the molecule is CCCCCCOCCOS(=O)(=O)O. The van der Waals surface area contributed by atoms with Crippen LogP contribution in [0.4, 0.5) is 0 Å². The zero-order valence-electron chi connectivity index (χ0n) is 8.44. The predicted molar refractivity (Wildman–Crippen MR) is 52.5 cm³/mol. The summed E-state index contributed by atoms with van der Waals surface area (Å²) >= 11 is 0. The monoisotopic (exact) mass is 226 g/mol. The van der Waals surface area contributed by atoms with Gasteiger partial charge in [-0.15, -0.1) is 0 Å². The molecule has 0 aromatic heterocycles. The molecule has 86 valence electrons. The van der Waals surface area contributed by atoms with Crippen LogP contribution in [0.2, 0.25) is 0 Å². The summed E-state index contributed by atoms with van der Waals surface area (Å²) < 4.78 is 37.5. The standard InChI is InChI=1S/C8H18O5S/c1-2-3-4-5-6-12-7-8-13-14(9,10)11/h2-8H2,1H3,(H,9,10,11). The molecule has 0 saturated carbocycles. The van der Waals surface area contributed by atoms with E-state index in [9.17, 15) is 8.42 Å². The van der Waals surface area contributed by atoms with Crippen LogP contribution in [0.3, 0.4) is 0 Å². The van der Waals surface area contributed by atoms with Crippen LogP contribution in [-0.4, -0.2) is 32.8 Å². The van der Waals surface area contributed by atoms with E-state index in [-0.39, 0.29) is 13.2 Å². The maximum Gasteiger partial charge on any atom is 0.397 e. The Morgan fingerprint density at radius 3 is 2.36 bits per heavy atom. The Kier molecular flexibility index (Phi) is 8.07. The molecule has 0 aliphatic heterocycles. The van der Waals surface area contributed by atoms with Gasteiger partial charge in [-0.25, -0.2) is 4.18 Å². The van der Waals surface area contributed by atoms with Gasteiger partial charge in [-0.3, -0.25) is 4.55 Å². The van der Waals surface area contributed by atoms with Crippen molar-refractivity contribution in [3.63, 3.8) is 0 Å². The van der Waals surface area contributed by atoms with Gasteiger partial charge in [0, 0.05) is 6.61 Å². The van der Waals surface area contributed by atoms with Crippen LogP contribution in [0.15, 0.2) is 0 Å². The van der Waals surface area contributed by atoms with E-state index in [1.807, 2.05) is 0 Å². The molecule has 0 bridgehead atoms. The maximum atomic E-state index is 10.1. The fourth-order valence-electron chi connectivity index (χ4n) is 0.931. The smallest absolute Gasteiger partial charge is 0.379 e. The number of unbranched alkanes of at least 4 members (excludes halogenated alkanes) is 3. The first-order chi connectivity index (χ1) is 6.56. The Morgan fingerprint density at radius 1 is 1.07 bits per heavy atom. The van der Waals surface area contributed by atoms with Gasteiger partial charge >= 0.3 is 10.4 Å². The fraction of sp³-hybridized carbons (Fsp3) is 1.00. The van der Waals surface area contributed by atoms with E-state index < -0.39 is 10.4 Å².